The largest absolute Gasteiger partial charge is 0.480 e. The van der Waals surface area contributed by atoms with Gasteiger partial charge in [-0.1, -0.05) is 0 Å². The molecule has 20 heavy (non-hydrogen) atoms. The van der Waals surface area contributed by atoms with Crippen LogP contribution in [0.15, 0.2) is 29.2 Å². The second-order valence-corrected chi connectivity index (χ2v) is 6.34. The second-order valence-electron chi connectivity index (χ2n) is 4.48. The van der Waals surface area contributed by atoms with E-state index in [9.17, 15) is 27.5 Å². The maximum absolute atomic E-state index is 12.8. The van der Waals surface area contributed by atoms with Gasteiger partial charge in [0.25, 0.3) is 0 Å². The average molecular weight is 301 g/mol. The zero-order valence-corrected chi connectivity index (χ0v) is 11.1. The number of benzene rings is 1. The fourth-order valence-corrected chi connectivity index (χ4v) is 4.01. The molecule has 0 saturated carbocycles. The minimum absolute atomic E-state index is 0.0647. The number of carboxylic acids is 1. The first-order valence-corrected chi connectivity index (χ1v) is 7.27. The predicted octanol–water partition coefficient (Wildman–Crippen LogP) is 0.632. The molecule has 1 atom stereocenters. The van der Waals surface area contributed by atoms with Gasteiger partial charge >= 0.3 is 5.97 Å². The number of carbonyl (C=O) groups is 2. The van der Waals surface area contributed by atoms with Crippen LogP contribution in [0.4, 0.5) is 4.39 Å². The van der Waals surface area contributed by atoms with Crippen LogP contribution in [0.5, 0.6) is 0 Å². The Morgan fingerprint density at radius 2 is 1.95 bits per heavy atom. The van der Waals surface area contributed by atoms with Gasteiger partial charge in [0.2, 0.25) is 10.0 Å². The Balaban J connectivity index is 2.51. The highest BCUT2D eigenvalue weighted by molar-refractivity contribution is 7.89. The van der Waals surface area contributed by atoms with Crippen LogP contribution in [0.25, 0.3) is 0 Å². The van der Waals surface area contributed by atoms with Crippen LogP contribution < -0.4 is 0 Å². The number of carboxylic acid groups (broad SMARTS) is 1. The summed E-state index contributed by atoms with van der Waals surface area (Å²) in [5.41, 5.74) is -2.08. The predicted molar refractivity (Wildman–Crippen MR) is 66.0 cm³/mol. The second kappa shape index (κ2) is 4.95. The van der Waals surface area contributed by atoms with E-state index in [1.54, 1.807) is 0 Å². The molecular formula is C12H12FNO5S. The smallest absolute Gasteiger partial charge is 0.332 e. The summed E-state index contributed by atoms with van der Waals surface area (Å²) in [6.07, 6.45) is 0.334. The highest BCUT2D eigenvalue weighted by Crippen LogP contribution is 2.33. The summed E-state index contributed by atoms with van der Waals surface area (Å²) in [5.74, 6) is -2.11. The molecule has 1 saturated heterocycles. The molecule has 0 spiro atoms. The minimum atomic E-state index is -4.17. The van der Waals surface area contributed by atoms with Crippen molar-refractivity contribution in [1.29, 1.82) is 0 Å². The summed E-state index contributed by atoms with van der Waals surface area (Å²) < 4.78 is 38.3. The van der Waals surface area contributed by atoms with E-state index in [0.29, 0.717) is 4.31 Å². The molecule has 108 valence electrons. The van der Waals surface area contributed by atoms with E-state index in [1.165, 1.54) is 0 Å². The molecule has 1 heterocycles. The van der Waals surface area contributed by atoms with Gasteiger partial charge in [0.05, 0.1) is 4.90 Å². The lowest BCUT2D eigenvalue weighted by molar-refractivity contribution is -0.149. The zero-order chi connectivity index (χ0) is 15.0. The Kier molecular flexibility index (Phi) is 3.61. The highest BCUT2D eigenvalue weighted by Gasteiger charge is 2.53. The van der Waals surface area contributed by atoms with Crippen molar-refractivity contribution in [2.24, 2.45) is 0 Å². The first-order valence-electron chi connectivity index (χ1n) is 5.83. The Morgan fingerprint density at radius 1 is 1.35 bits per heavy atom. The Bertz CT molecular complexity index is 642. The van der Waals surface area contributed by atoms with Gasteiger partial charge in [-0.25, -0.2) is 17.6 Å². The van der Waals surface area contributed by atoms with Crippen LogP contribution >= 0.6 is 0 Å². The van der Waals surface area contributed by atoms with Crippen molar-refractivity contribution in [3.8, 4) is 0 Å². The molecule has 0 bridgehead atoms. The van der Waals surface area contributed by atoms with Crippen LogP contribution in [0.1, 0.15) is 12.8 Å². The summed E-state index contributed by atoms with van der Waals surface area (Å²) in [6.45, 7) is -0.0647. The van der Waals surface area contributed by atoms with Gasteiger partial charge in [0, 0.05) is 6.54 Å². The molecule has 1 aromatic carbocycles. The van der Waals surface area contributed by atoms with E-state index in [4.69, 9.17) is 0 Å². The van der Waals surface area contributed by atoms with Crippen molar-refractivity contribution in [3.05, 3.63) is 30.1 Å². The standard InChI is InChI=1S/C12H12FNO5S/c13-9-2-4-10(5-3-9)20(18,19)14-7-1-6-12(14,8-15)11(16)17/h2-5,8H,1,6-7H2,(H,16,17)/t12-/m1/s1. The van der Waals surface area contributed by atoms with Crippen molar-refractivity contribution < 1.29 is 27.5 Å². The number of carbonyl (C=O) groups excluding carboxylic acids is 1. The number of aliphatic carboxylic acids is 1. The molecule has 0 unspecified atom stereocenters. The molecule has 0 aliphatic carbocycles. The maximum Gasteiger partial charge on any atom is 0.332 e. The lowest BCUT2D eigenvalue weighted by atomic mass is 10.0. The third kappa shape index (κ3) is 2.10. The molecule has 0 amide bonds. The normalized spacial score (nSPS) is 23.6. The molecule has 1 aliphatic heterocycles. The molecule has 0 radical (unpaired) electrons. The average Bonchev–Trinajstić information content (AvgIpc) is 2.85. The third-order valence-corrected chi connectivity index (χ3v) is 5.29. The number of hydrogen-bond acceptors (Lipinski definition) is 4. The number of hydrogen-bond donors (Lipinski definition) is 1. The molecule has 1 fully saturated rings. The maximum atomic E-state index is 12.8. The quantitative estimate of drug-likeness (QED) is 0.650. The Morgan fingerprint density at radius 3 is 2.45 bits per heavy atom. The van der Waals surface area contributed by atoms with Crippen molar-refractivity contribution in [2.45, 2.75) is 23.3 Å². The van der Waals surface area contributed by atoms with Crippen molar-refractivity contribution in [3.63, 3.8) is 0 Å². The van der Waals surface area contributed by atoms with Crippen LogP contribution in [-0.2, 0) is 19.6 Å². The SMILES string of the molecule is O=C[C@@]1(C(=O)O)CCCN1S(=O)(=O)c1ccc(F)cc1. The molecule has 8 heteroatoms. The Hall–Kier alpha value is -1.80. The monoisotopic (exact) mass is 301 g/mol. The van der Waals surface area contributed by atoms with Crippen LogP contribution in [0, 0.1) is 5.82 Å². The van der Waals surface area contributed by atoms with E-state index < -0.39 is 27.3 Å². The van der Waals surface area contributed by atoms with Crippen LogP contribution in [0.3, 0.4) is 0 Å². The summed E-state index contributed by atoms with van der Waals surface area (Å²) >= 11 is 0. The number of aldehydes is 1. The van der Waals surface area contributed by atoms with Gasteiger partial charge in [0.15, 0.2) is 11.8 Å². The van der Waals surface area contributed by atoms with E-state index in [2.05, 4.69) is 0 Å². The lowest BCUT2D eigenvalue weighted by Crippen LogP contribution is -2.54. The van der Waals surface area contributed by atoms with Crippen molar-refractivity contribution in [1.82, 2.24) is 4.31 Å². The fraction of sp³-hybridized carbons (Fsp3) is 0.333. The summed E-state index contributed by atoms with van der Waals surface area (Å²) in [5, 5.41) is 9.19. The Labute approximate surface area is 114 Å². The third-order valence-electron chi connectivity index (χ3n) is 3.33. The van der Waals surface area contributed by atoms with Gasteiger partial charge in [-0.2, -0.15) is 4.31 Å². The van der Waals surface area contributed by atoms with Crippen LogP contribution in [-0.4, -0.2) is 42.2 Å². The molecular weight excluding hydrogens is 289 g/mol. The number of sulfonamides is 1. The molecule has 1 N–H and O–H groups in total. The minimum Gasteiger partial charge on any atom is -0.480 e. The topological polar surface area (TPSA) is 91.8 Å². The van der Waals surface area contributed by atoms with E-state index >= 15 is 0 Å². The van der Waals surface area contributed by atoms with E-state index in [-0.39, 0.29) is 30.6 Å². The zero-order valence-electron chi connectivity index (χ0n) is 10.3. The van der Waals surface area contributed by atoms with Crippen molar-refractivity contribution >= 4 is 22.3 Å². The van der Waals surface area contributed by atoms with Gasteiger partial charge in [-0.15, -0.1) is 0 Å². The number of rotatable bonds is 4. The van der Waals surface area contributed by atoms with E-state index in [0.717, 1.165) is 24.3 Å². The number of nitrogens with zero attached hydrogens (tertiary/aromatic N) is 1. The van der Waals surface area contributed by atoms with Gasteiger partial charge in [0.1, 0.15) is 5.82 Å². The molecule has 6 nitrogen and oxygen atoms in total. The van der Waals surface area contributed by atoms with Gasteiger partial charge < -0.3 is 9.90 Å². The molecule has 0 aromatic heterocycles. The van der Waals surface area contributed by atoms with Crippen LogP contribution in [0.2, 0.25) is 0 Å². The highest BCUT2D eigenvalue weighted by atomic mass is 32.2. The lowest BCUT2D eigenvalue weighted by Gasteiger charge is -2.28. The summed E-state index contributed by atoms with van der Waals surface area (Å²) in [6, 6.07) is 4.01. The number of halogens is 1. The van der Waals surface area contributed by atoms with E-state index in [1.807, 2.05) is 0 Å². The molecule has 1 aliphatic rings. The van der Waals surface area contributed by atoms with Gasteiger partial charge in [-0.05, 0) is 37.1 Å². The first kappa shape index (κ1) is 14.6. The molecule has 1 aromatic rings. The fourth-order valence-electron chi connectivity index (χ4n) is 2.27. The van der Waals surface area contributed by atoms with Gasteiger partial charge in [-0.3, -0.25) is 0 Å². The molecule has 2 rings (SSSR count). The summed E-state index contributed by atoms with van der Waals surface area (Å²) in [4.78, 5) is 22.2. The summed E-state index contributed by atoms with van der Waals surface area (Å²) in [7, 11) is -4.17. The first-order chi connectivity index (χ1) is 9.34. The van der Waals surface area contributed by atoms with Crippen molar-refractivity contribution in [2.75, 3.05) is 6.54 Å².